The molecule has 2 heterocycles. The van der Waals surface area contributed by atoms with E-state index in [-0.39, 0.29) is 5.41 Å². The van der Waals surface area contributed by atoms with Crippen molar-refractivity contribution in [1.82, 2.24) is 14.9 Å². The molecule has 1 saturated heterocycles. The summed E-state index contributed by atoms with van der Waals surface area (Å²) in [6.45, 7) is 9.91. The standard InChI is InChI=1S/C16H23N3/c1-4-9-19-14-6-5-12(2)10-13(14)18-15(19)16(3)7-8-17-11-16/h5-6,10,17H,4,7-9,11H2,1-3H3. The van der Waals surface area contributed by atoms with Crippen molar-refractivity contribution in [3.8, 4) is 0 Å². The fraction of sp³-hybridized carbons (Fsp3) is 0.562. The van der Waals surface area contributed by atoms with Crippen molar-refractivity contribution in [2.75, 3.05) is 13.1 Å². The van der Waals surface area contributed by atoms with Gasteiger partial charge >= 0.3 is 0 Å². The first-order valence-electron chi connectivity index (χ1n) is 7.32. The molecule has 1 unspecified atom stereocenters. The van der Waals surface area contributed by atoms with Gasteiger partial charge in [-0.3, -0.25) is 0 Å². The average Bonchev–Trinajstić information content (AvgIpc) is 2.95. The largest absolute Gasteiger partial charge is 0.327 e. The summed E-state index contributed by atoms with van der Waals surface area (Å²) >= 11 is 0. The number of aryl methyl sites for hydroxylation is 2. The number of rotatable bonds is 3. The molecule has 1 aliphatic rings. The van der Waals surface area contributed by atoms with Crippen LogP contribution in [0.2, 0.25) is 0 Å². The lowest BCUT2D eigenvalue weighted by Crippen LogP contribution is -2.29. The van der Waals surface area contributed by atoms with Gasteiger partial charge in [0.15, 0.2) is 0 Å². The molecule has 0 saturated carbocycles. The highest BCUT2D eigenvalue weighted by Gasteiger charge is 2.35. The van der Waals surface area contributed by atoms with Crippen LogP contribution in [-0.2, 0) is 12.0 Å². The van der Waals surface area contributed by atoms with E-state index < -0.39 is 0 Å². The molecule has 0 amide bonds. The molecule has 1 N–H and O–H groups in total. The third kappa shape index (κ3) is 2.06. The average molecular weight is 257 g/mol. The van der Waals surface area contributed by atoms with Crippen LogP contribution in [0.3, 0.4) is 0 Å². The normalized spacial score (nSPS) is 23.3. The van der Waals surface area contributed by atoms with Crippen molar-refractivity contribution in [3.05, 3.63) is 29.6 Å². The van der Waals surface area contributed by atoms with Crippen molar-refractivity contribution in [3.63, 3.8) is 0 Å². The summed E-state index contributed by atoms with van der Waals surface area (Å²) in [6, 6.07) is 6.62. The zero-order chi connectivity index (χ0) is 13.5. The number of fused-ring (bicyclic) bond motifs is 1. The van der Waals surface area contributed by atoms with E-state index in [2.05, 4.69) is 48.9 Å². The van der Waals surface area contributed by atoms with E-state index in [0.29, 0.717) is 0 Å². The van der Waals surface area contributed by atoms with Gasteiger partial charge in [-0.1, -0.05) is 19.9 Å². The van der Waals surface area contributed by atoms with Crippen molar-refractivity contribution < 1.29 is 0 Å². The lowest BCUT2D eigenvalue weighted by molar-refractivity contribution is 0.458. The molecular formula is C16H23N3. The second-order valence-corrected chi connectivity index (χ2v) is 6.07. The number of aromatic nitrogens is 2. The molecule has 1 aliphatic heterocycles. The second kappa shape index (κ2) is 4.64. The van der Waals surface area contributed by atoms with Gasteiger partial charge in [0.1, 0.15) is 5.82 Å². The topological polar surface area (TPSA) is 29.9 Å². The molecule has 0 aliphatic carbocycles. The minimum absolute atomic E-state index is 0.183. The minimum Gasteiger partial charge on any atom is -0.327 e. The zero-order valence-electron chi connectivity index (χ0n) is 12.2. The summed E-state index contributed by atoms with van der Waals surface area (Å²) in [5.41, 5.74) is 3.91. The Labute approximate surface area is 115 Å². The SMILES string of the molecule is CCCn1c(C2(C)CCNC2)nc2cc(C)ccc21. The minimum atomic E-state index is 0.183. The number of imidazole rings is 1. The van der Waals surface area contributed by atoms with Gasteiger partial charge in [-0.05, 0) is 44.0 Å². The molecule has 2 aromatic rings. The molecule has 1 atom stereocenters. The molecule has 102 valence electrons. The Morgan fingerprint density at radius 1 is 1.42 bits per heavy atom. The maximum Gasteiger partial charge on any atom is 0.117 e. The van der Waals surface area contributed by atoms with Crippen LogP contribution in [-0.4, -0.2) is 22.6 Å². The van der Waals surface area contributed by atoms with Crippen molar-refractivity contribution in [2.45, 2.75) is 45.6 Å². The third-order valence-electron chi connectivity index (χ3n) is 4.26. The second-order valence-electron chi connectivity index (χ2n) is 6.07. The van der Waals surface area contributed by atoms with Gasteiger partial charge in [0.2, 0.25) is 0 Å². The van der Waals surface area contributed by atoms with E-state index in [4.69, 9.17) is 4.98 Å². The summed E-state index contributed by atoms with van der Waals surface area (Å²) in [6.07, 6.45) is 2.33. The van der Waals surface area contributed by atoms with E-state index in [0.717, 1.165) is 31.6 Å². The molecule has 0 spiro atoms. The van der Waals surface area contributed by atoms with Crippen LogP contribution in [0.1, 0.15) is 38.1 Å². The van der Waals surface area contributed by atoms with Crippen molar-refractivity contribution in [1.29, 1.82) is 0 Å². The molecular weight excluding hydrogens is 234 g/mol. The van der Waals surface area contributed by atoms with Gasteiger partial charge in [0.25, 0.3) is 0 Å². The predicted molar refractivity (Wildman–Crippen MR) is 79.6 cm³/mol. The van der Waals surface area contributed by atoms with Gasteiger partial charge in [-0.2, -0.15) is 0 Å². The molecule has 1 aromatic heterocycles. The molecule has 1 aromatic carbocycles. The maximum atomic E-state index is 4.97. The number of hydrogen-bond donors (Lipinski definition) is 1. The van der Waals surface area contributed by atoms with Gasteiger partial charge in [0.05, 0.1) is 11.0 Å². The lowest BCUT2D eigenvalue weighted by Gasteiger charge is -2.23. The van der Waals surface area contributed by atoms with Crippen LogP contribution < -0.4 is 5.32 Å². The van der Waals surface area contributed by atoms with Crippen molar-refractivity contribution >= 4 is 11.0 Å². The fourth-order valence-corrected chi connectivity index (χ4v) is 3.16. The first-order valence-corrected chi connectivity index (χ1v) is 7.32. The van der Waals surface area contributed by atoms with E-state index in [1.54, 1.807) is 0 Å². The van der Waals surface area contributed by atoms with Gasteiger partial charge < -0.3 is 9.88 Å². The first-order chi connectivity index (χ1) is 9.14. The monoisotopic (exact) mass is 257 g/mol. The quantitative estimate of drug-likeness (QED) is 0.916. The number of nitrogens with one attached hydrogen (secondary N) is 1. The van der Waals surface area contributed by atoms with E-state index in [1.807, 2.05) is 0 Å². The van der Waals surface area contributed by atoms with Crippen LogP contribution in [0.15, 0.2) is 18.2 Å². The van der Waals surface area contributed by atoms with Crippen LogP contribution >= 0.6 is 0 Å². The number of nitrogens with zero attached hydrogens (tertiary/aromatic N) is 2. The lowest BCUT2D eigenvalue weighted by atomic mass is 9.89. The maximum absolute atomic E-state index is 4.97. The summed E-state index contributed by atoms with van der Waals surface area (Å²) in [5.74, 6) is 1.26. The molecule has 0 radical (unpaired) electrons. The Balaban J connectivity index is 2.19. The number of benzene rings is 1. The van der Waals surface area contributed by atoms with Crippen LogP contribution in [0, 0.1) is 6.92 Å². The Kier molecular flexibility index (Phi) is 3.09. The summed E-state index contributed by atoms with van der Waals surface area (Å²) in [7, 11) is 0. The Morgan fingerprint density at radius 2 is 2.26 bits per heavy atom. The zero-order valence-corrected chi connectivity index (χ0v) is 12.2. The Morgan fingerprint density at radius 3 is 2.95 bits per heavy atom. The van der Waals surface area contributed by atoms with E-state index >= 15 is 0 Å². The summed E-state index contributed by atoms with van der Waals surface area (Å²) in [5, 5.41) is 3.48. The smallest absolute Gasteiger partial charge is 0.117 e. The van der Waals surface area contributed by atoms with Crippen molar-refractivity contribution in [2.24, 2.45) is 0 Å². The summed E-state index contributed by atoms with van der Waals surface area (Å²) < 4.78 is 2.43. The fourth-order valence-electron chi connectivity index (χ4n) is 3.16. The highest BCUT2D eigenvalue weighted by atomic mass is 15.1. The molecule has 1 fully saturated rings. The highest BCUT2D eigenvalue weighted by molar-refractivity contribution is 5.77. The Bertz CT molecular complexity index is 591. The molecule has 3 heteroatoms. The molecule has 3 rings (SSSR count). The molecule has 3 nitrogen and oxygen atoms in total. The highest BCUT2D eigenvalue weighted by Crippen LogP contribution is 2.32. The molecule has 0 bridgehead atoms. The van der Waals surface area contributed by atoms with Gasteiger partial charge in [0, 0.05) is 18.5 Å². The first kappa shape index (κ1) is 12.7. The number of hydrogen-bond acceptors (Lipinski definition) is 2. The van der Waals surface area contributed by atoms with Gasteiger partial charge in [-0.15, -0.1) is 0 Å². The van der Waals surface area contributed by atoms with E-state index in [1.165, 1.54) is 23.3 Å². The van der Waals surface area contributed by atoms with E-state index in [9.17, 15) is 0 Å². The summed E-state index contributed by atoms with van der Waals surface area (Å²) in [4.78, 5) is 4.97. The third-order valence-corrected chi connectivity index (χ3v) is 4.26. The van der Waals surface area contributed by atoms with Crippen LogP contribution in [0.5, 0.6) is 0 Å². The molecule has 19 heavy (non-hydrogen) atoms. The van der Waals surface area contributed by atoms with Gasteiger partial charge in [-0.25, -0.2) is 4.98 Å². The predicted octanol–water partition coefficient (Wildman–Crippen LogP) is 3.01. The van der Waals surface area contributed by atoms with Crippen LogP contribution in [0.25, 0.3) is 11.0 Å². The van der Waals surface area contributed by atoms with Crippen LogP contribution in [0.4, 0.5) is 0 Å². The Hall–Kier alpha value is -1.35.